The largest absolute Gasteiger partial charge is 0.381 e. The van der Waals surface area contributed by atoms with E-state index >= 15 is 0 Å². The van der Waals surface area contributed by atoms with Gasteiger partial charge in [-0.2, -0.15) is 0 Å². The number of fused-ring (bicyclic) bond motifs is 1. The molecular weight excluding hydrogens is 242 g/mol. The molecule has 3 aromatic rings. The van der Waals surface area contributed by atoms with Gasteiger partial charge in [0, 0.05) is 12.2 Å². The van der Waals surface area contributed by atoms with Gasteiger partial charge in [-0.3, -0.25) is 0 Å². The van der Waals surface area contributed by atoms with Gasteiger partial charge in [-0.25, -0.2) is 0 Å². The van der Waals surface area contributed by atoms with Gasteiger partial charge in [-0.1, -0.05) is 42.5 Å². The lowest BCUT2D eigenvalue weighted by Gasteiger charge is -2.09. The van der Waals surface area contributed by atoms with E-state index in [2.05, 4.69) is 79.8 Å². The molecule has 0 saturated carbocycles. The number of aryl methyl sites for hydroxylation is 2. The van der Waals surface area contributed by atoms with Crippen molar-refractivity contribution in [3.63, 3.8) is 0 Å². The summed E-state index contributed by atoms with van der Waals surface area (Å²) < 4.78 is 0. The van der Waals surface area contributed by atoms with Crippen LogP contribution < -0.4 is 5.32 Å². The molecule has 1 N–H and O–H groups in total. The fourth-order valence-corrected chi connectivity index (χ4v) is 2.40. The monoisotopic (exact) mass is 261 g/mol. The van der Waals surface area contributed by atoms with E-state index in [9.17, 15) is 0 Å². The molecule has 20 heavy (non-hydrogen) atoms. The van der Waals surface area contributed by atoms with Gasteiger partial charge in [0.15, 0.2) is 0 Å². The Balaban J connectivity index is 1.77. The van der Waals surface area contributed by atoms with Crippen molar-refractivity contribution in [3.8, 4) is 0 Å². The van der Waals surface area contributed by atoms with Gasteiger partial charge >= 0.3 is 0 Å². The summed E-state index contributed by atoms with van der Waals surface area (Å²) in [7, 11) is 0. The molecule has 3 rings (SSSR count). The summed E-state index contributed by atoms with van der Waals surface area (Å²) in [6, 6.07) is 21.6. The van der Waals surface area contributed by atoms with Crippen LogP contribution in [0.3, 0.4) is 0 Å². The molecule has 0 saturated heterocycles. The van der Waals surface area contributed by atoms with Crippen molar-refractivity contribution >= 4 is 16.5 Å². The van der Waals surface area contributed by atoms with E-state index in [1.165, 1.54) is 33.2 Å². The van der Waals surface area contributed by atoms with Crippen LogP contribution in [-0.2, 0) is 6.54 Å². The summed E-state index contributed by atoms with van der Waals surface area (Å²) in [5, 5.41) is 6.09. The summed E-state index contributed by atoms with van der Waals surface area (Å²) in [6.45, 7) is 5.15. The second-order valence-corrected chi connectivity index (χ2v) is 5.33. The van der Waals surface area contributed by atoms with Crippen LogP contribution in [0.1, 0.15) is 16.7 Å². The summed E-state index contributed by atoms with van der Waals surface area (Å²) in [4.78, 5) is 0. The second kappa shape index (κ2) is 5.38. The van der Waals surface area contributed by atoms with Gasteiger partial charge in [0.25, 0.3) is 0 Å². The number of anilines is 1. The molecule has 0 aliphatic rings. The molecule has 0 radical (unpaired) electrons. The van der Waals surface area contributed by atoms with E-state index in [0.717, 1.165) is 6.54 Å². The van der Waals surface area contributed by atoms with Crippen molar-refractivity contribution in [2.45, 2.75) is 20.4 Å². The predicted molar refractivity (Wildman–Crippen MR) is 87.2 cm³/mol. The van der Waals surface area contributed by atoms with Crippen molar-refractivity contribution in [1.82, 2.24) is 0 Å². The van der Waals surface area contributed by atoms with Crippen LogP contribution in [-0.4, -0.2) is 0 Å². The zero-order valence-electron chi connectivity index (χ0n) is 12.0. The van der Waals surface area contributed by atoms with Crippen molar-refractivity contribution in [3.05, 3.63) is 77.4 Å². The first-order valence-electron chi connectivity index (χ1n) is 7.01. The van der Waals surface area contributed by atoms with Crippen LogP contribution in [0.15, 0.2) is 60.7 Å². The quantitative estimate of drug-likeness (QED) is 0.694. The highest BCUT2D eigenvalue weighted by molar-refractivity contribution is 5.83. The zero-order valence-corrected chi connectivity index (χ0v) is 12.0. The molecule has 1 nitrogen and oxygen atoms in total. The summed E-state index contributed by atoms with van der Waals surface area (Å²) in [5.74, 6) is 0. The Morgan fingerprint density at radius 2 is 1.55 bits per heavy atom. The van der Waals surface area contributed by atoms with E-state index in [-0.39, 0.29) is 0 Å². The van der Waals surface area contributed by atoms with Crippen LogP contribution in [0.4, 0.5) is 5.69 Å². The predicted octanol–water partition coefficient (Wildman–Crippen LogP) is 5.07. The number of hydrogen-bond donors (Lipinski definition) is 1. The van der Waals surface area contributed by atoms with Crippen molar-refractivity contribution < 1.29 is 0 Å². The first kappa shape index (κ1) is 12.7. The third-order valence-electron chi connectivity index (χ3n) is 3.82. The summed E-state index contributed by atoms with van der Waals surface area (Å²) in [6.07, 6.45) is 0. The SMILES string of the molecule is Cc1ccc(NCc2ccc3ccccc3c2)cc1C. The number of benzene rings is 3. The summed E-state index contributed by atoms with van der Waals surface area (Å²) in [5.41, 5.74) is 5.15. The third kappa shape index (κ3) is 2.67. The molecule has 0 amide bonds. The minimum Gasteiger partial charge on any atom is -0.381 e. The van der Waals surface area contributed by atoms with E-state index in [1.807, 2.05) is 0 Å². The maximum absolute atomic E-state index is 3.49. The van der Waals surface area contributed by atoms with Crippen LogP contribution in [0, 0.1) is 13.8 Å². The first-order valence-corrected chi connectivity index (χ1v) is 7.01. The number of rotatable bonds is 3. The molecule has 0 fully saturated rings. The Morgan fingerprint density at radius 3 is 2.35 bits per heavy atom. The van der Waals surface area contributed by atoms with Gasteiger partial charge in [0.1, 0.15) is 0 Å². The number of hydrogen-bond acceptors (Lipinski definition) is 1. The minimum absolute atomic E-state index is 0.854. The van der Waals surface area contributed by atoms with E-state index in [4.69, 9.17) is 0 Å². The molecule has 0 atom stereocenters. The van der Waals surface area contributed by atoms with Crippen molar-refractivity contribution in [2.24, 2.45) is 0 Å². The Bertz CT molecular complexity index is 744. The lowest BCUT2D eigenvalue weighted by molar-refractivity contribution is 1.15. The molecule has 0 spiro atoms. The Labute approximate surface area is 120 Å². The van der Waals surface area contributed by atoms with Gasteiger partial charge in [0.2, 0.25) is 0 Å². The number of nitrogens with one attached hydrogen (secondary N) is 1. The molecule has 0 heterocycles. The van der Waals surface area contributed by atoms with E-state index in [0.29, 0.717) is 0 Å². The molecule has 0 aliphatic carbocycles. The highest BCUT2D eigenvalue weighted by Gasteiger charge is 1.98. The van der Waals surface area contributed by atoms with E-state index < -0.39 is 0 Å². The topological polar surface area (TPSA) is 12.0 Å². The van der Waals surface area contributed by atoms with Crippen LogP contribution in [0.2, 0.25) is 0 Å². The molecule has 100 valence electrons. The Morgan fingerprint density at radius 1 is 0.750 bits per heavy atom. The zero-order chi connectivity index (χ0) is 13.9. The minimum atomic E-state index is 0.854. The maximum Gasteiger partial charge on any atom is 0.0401 e. The maximum atomic E-state index is 3.49. The first-order chi connectivity index (χ1) is 9.72. The molecule has 0 aliphatic heterocycles. The average Bonchev–Trinajstić information content (AvgIpc) is 2.48. The fraction of sp³-hybridized carbons (Fsp3) is 0.158. The lowest BCUT2D eigenvalue weighted by atomic mass is 10.1. The normalized spacial score (nSPS) is 10.7. The standard InChI is InChI=1S/C19H19N/c1-14-7-10-19(11-15(14)2)20-13-16-8-9-17-5-3-4-6-18(17)12-16/h3-12,20H,13H2,1-2H3. The Kier molecular flexibility index (Phi) is 3.42. The highest BCUT2D eigenvalue weighted by Crippen LogP contribution is 2.18. The Hall–Kier alpha value is -2.28. The van der Waals surface area contributed by atoms with Gasteiger partial charge in [-0.15, -0.1) is 0 Å². The third-order valence-corrected chi connectivity index (χ3v) is 3.82. The van der Waals surface area contributed by atoms with Crippen LogP contribution >= 0.6 is 0 Å². The highest BCUT2D eigenvalue weighted by atomic mass is 14.9. The molecule has 0 bridgehead atoms. The van der Waals surface area contributed by atoms with Crippen molar-refractivity contribution in [2.75, 3.05) is 5.32 Å². The second-order valence-electron chi connectivity index (χ2n) is 5.33. The molecular formula is C19H19N. The lowest BCUT2D eigenvalue weighted by Crippen LogP contribution is -1.99. The molecule has 1 heteroatoms. The smallest absolute Gasteiger partial charge is 0.0401 e. The van der Waals surface area contributed by atoms with E-state index in [1.54, 1.807) is 0 Å². The van der Waals surface area contributed by atoms with Crippen LogP contribution in [0.5, 0.6) is 0 Å². The summed E-state index contributed by atoms with van der Waals surface area (Å²) >= 11 is 0. The molecule has 0 aromatic heterocycles. The van der Waals surface area contributed by atoms with Crippen LogP contribution in [0.25, 0.3) is 10.8 Å². The fourth-order valence-electron chi connectivity index (χ4n) is 2.40. The average molecular weight is 261 g/mol. The van der Waals surface area contributed by atoms with Gasteiger partial charge in [-0.05, 0) is 59.5 Å². The molecule has 3 aromatic carbocycles. The van der Waals surface area contributed by atoms with Gasteiger partial charge in [0.05, 0.1) is 0 Å². The van der Waals surface area contributed by atoms with Crippen molar-refractivity contribution in [1.29, 1.82) is 0 Å². The molecule has 0 unspecified atom stereocenters. The van der Waals surface area contributed by atoms with Gasteiger partial charge < -0.3 is 5.32 Å².